The van der Waals surface area contributed by atoms with E-state index in [1.807, 2.05) is 20.8 Å². The van der Waals surface area contributed by atoms with E-state index in [1.165, 1.54) is 96.3 Å². The number of rotatable bonds is 29. The first kappa shape index (κ1) is 41.9. The van der Waals surface area contributed by atoms with Gasteiger partial charge < -0.3 is 9.47 Å². The second-order valence-corrected chi connectivity index (χ2v) is 15.3. The largest absolute Gasteiger partial charge is 0.465 e. The van der Waals surface area contributed by atoms with Crippen LogP contribution in [0.5, 0.6) is 0 Å². The van der Waals surface area contributed by atoms with E-state index in [1.54, 1.807) is 0 Å². The lowest BCUT2D eigenvalue weighted by atomic mass is 9.90. The Kier molecular flexibility index (Phi) is 26.6. The number of ether oxygens (including phenoxy) is 2. The quantitative estimate of drug-likeness (QED) is 0.0626. The average Bonchev–Trinajstić information content (AvgIpc) is 2.93. The summed E-state index contributed by atoms with van der Waals surface area (Å²) in [6.07, 6.45) is 26.6. The van der Waals surface area contributed by atoms with Crippen molar-refractivity contribution in [2.45, 2.75) is 209 Å². The number of unbranched alkanes of at least 4 members (excludes halogenated alkanes) is 16. The highest BCUT2D eigenvalue weighted by Crippen LogP contribution is 2.27. The maximum absolute atomic E-state index is 13.5. The standard InChI is InChI=1S/C39H76O4/c1-9-10-11-12-13-14-15-16-19-25-30-35(37(40)42-32-27-22-17-18-23-28-33(2)3)36(43-38(41)39(6,7)8)31-26-21-20-24-29-34(4)5/h33-36H,9-32H2,1-8H3. The second-order valence-electron chi connectivity index (χ2n) is 15.3. The van der Waals surface area contributed by atoms with Crippen molar-refractivity contribution in [1.29, 1.82) is 0 Å². The van der Waals surface area contributed by atoms with Crippen molar-refractivity contribution in [3.05, 3.63) is 0 Å². The van der Waals surface area contributed by atoms with Crippen LogP contribution in [0.15, 0.2) is 0 Å². The highest BCUT2D eigenvalue weighted by Gasteiger charge is 2.35. The van der Waals surface area contributed by atoms with Crippen LogP contribution in [0.25, 0.3) is 0 Å². The maximum atomic E-state index is 13.5. The molecule has 4 nitrogen and oxygen atoms in total. The number of carbonyl (C=O) groups excluding carboxylic acids is 2. The van der Waals surface area contributed by atoms with Crippen LogP contribution in [-0.2, 0) is 19.1 Å². The Bertz CT molecular complexity index is 648. The first-order valence-corrected chi connectivity index (χ1v) is 18.9. The van der Waals surface area contributed by atoms with Crippen molar-refractivity contribution in [2.24, 2.45) is 23.2 Å². The number of hydrogen-bond acceptors (Lipinski definition) is 4. The minimum Gasteiger partial charge on any atom is -0.465 e. The topological polar surface area (TPSA) is 52.6 Å². The van der Waals surface area contributed by atoms with Crippen molar-refractivity contribution in [3.63, 3.8) is 0 Å². The first-order valence-electron chi connectivity index (χ1n) is 18.9. The number of hydrogen-bond donors (Lipinski definition) is 0. The molecule has 43 heavy (non-hydrogen) atoms. The fourth-order valence-electron chi connectivity index (χ4n) is 5.68. The monoisotopic (exact) mass is 609 g/mol. The molecule has 2 atom stereocenters. The predicted octanol–water partition coefficient (Wildman–Crippen LogP) is 12.4. The van der Waals surface area contributed by atoms with Crippen molar-refractivity contribution in [3.8, 4) is 0 Å². The Hall–Kier alpha value is -1.06. The first-order chi connectivity index (χ1) is 20.5. The van der Waals surface area contributed by atoms with Crippen LogP contribution in [0.1, 0.15) is 203 Å². The predicted molar refractivity (Wildman–Crippen MR) is 185 cm³/mol. The molecule has 0 N–H and O–H groups in total. The molecule has 0 rings (SSSR count). The Balaban J connectivity index is 5.06. The number of esters is 2. The van der Waals surface area contributed by atoms with Gasteiger partial charge in [-0.2, -0.15) is 0 Å². The Morgan fingerprint density at radius 1 is 0.535 bits per heavy atom. The SMILES string of the molecule is CCCCCCCCCCCCC(C(=O)OCCCCCCCC(C)C)C(CCCCCCC(C)C)OC(=O)C(C)(C)C. The summed E-state index contributed by atoms with van der Waals surface area (Å²) in [5, 5.41) is 0. The summed E-state index contributed by atoms with van der Waals surface area (Å²) in [7, 11) is 0. The van der Waals surface area contributed by atoms with Gasteiger partial charge in [-0.15, -0.1) is 0 Å². The second kappa shape index (κ2) is 27.3. The summed E-state index contributed by atoms with van der Waals surface area (Å²) in [4.78, 5) is 26.5. The molecule has 0 aliphatic heterocycles. The molecule has 0 spiro atoms. The average molecular weight is 609 g/mol. The Morgan fingerprint density at radius 3 is 1.37 bits per heavy atom. The van der Waals surface area contributed by atoms with E-state index in [4.69, 9.17) is 9.47 Å². The number of carbonyl (C=O) groups is 2. The summed E-state index contributed by atoms with van der Waals surface area (Å²) in [5.74, 6) is 0.790. The molecule has 2 unspecified atom stereocenters. The van der Waals surface area contributed by atoms with Crippen molar-refractivity contribution >= 4 is 11.9 Å². The van der Waals surface area contributed by atoms with Gasteiger partial charge >= 0.3 is 11.9 Å². The Labute approximate surface area is 269 Å². The lowest BCUT2D eigenvalue weighted by Gasteiger charge is -2.29. The van der Waals surface area contributed by atoms with Gasteiger partial charge in [0.2, 0.25) is 0 Å². The molecule has 0 radical (unpaired) electrons. The third-order valence-corrected chi connectivity index (χ3v) is 8.68. The van der Waals surface area contributed by atoms with Crippen LogP contribution in [-0.4, -0.2) is 24.6 Å². The molecule has 256 valence electrons. The zero-order valence-electron chi connectivity index (χ0n) is 30.4. The summed E-state index contributed by atoms with van der Waals surface area (Å²) in [6, 6.07) is 0. The van der Waals surface area contributed by atoms with Gasteiger partial charge in [0.25, 0.3) is 0 Å². The van der Waals surface area contributed by atoms with E-state index in [2.05, 4.69) is 34.6 Å². The van der Waals surface area contributed by atoms with E-state index in [9.17, 15) is 9.59 Å². The minimum absolute atomic E-state index is 0.151. The van der Waals surface area contributed by atoms with Crippen molar-refractivity contribution in [1.82, 2.24) is 0 Å². The van der Waals surface area contributed by atoms with Gasteiger partial charge in [-0.3, -0.25) is 9.59 Å². The molecule has 0 aliphatic carbocycles. The zero-order valence-corrected chi connectivity index (χ0v) is 30.4. The van der Waals surface area contributed by atoms with Crippen LogP contribution in [0.2, 0.25) is 0 Å². The zero-order chi connectivity index (χ0) is 32.3. The lowest BCUT2D eigenvalue weighted by molar-refractivity contribution is -0.169. The fraction of sp³-hybridized carbons (Fsp3) is 0.949. The molecule has 0 fully saturated rings. The summed E-state index contributed by atoms with van der Waals surface area (Å²) < 4.78 is 12.0. The highest BCUT2D eigenvalue weighted by molar-refractivity contribution is 5.77. The summed E-state index contributed by atoms with van der Waals surface area (Å²) >= 11 is 0. The van der Waals surface area contributed by atoms with E-state index in [-0.39, 0.29) is 24.0 Å². The van der Waals surface area contributed by atoms with Crippen molar-refractivity contribution < 1.29 is 19.1 Å². The van der Waals surface area contributed by atoms with E-state index < -0.39 is 5.41 Å². The molecule has 0 aromatic heterocycles. The van der Waals surface area contributed by atoms with Crippen LogP contribution in [0, 0.1) is 23.2 Å². The molecule has 4 heteroatoms. The fourth-order valence-corrected chi connectivity index (χ4v) is 5.68. The summed E-state index contributed by atoms with van der Waals surface area (Å²) in [6.45, 7) is 17.6. The van der Waals surface area contributed by atoms with E-state index in [0.29, 0.717) is 6.61 Å². The molecule has 0 aromatic rings. The maximum Gasteiger partial charge on any atom is 0.312 e. The molecule has 0 saturated heterocycles. The normalized spacial score (nSPS) is 13.4. The molecule has 0 heterocycles. The molecule has 0 bridgehead atoms. The molecule has 0 saturated carbocycles. The van der Waals surface area contributed by atoms with Gasteiger partial charge in [-0.1, -0.05) is 157 Å². The van der Waals surface area contributed by atoms with Crippen LogP contribution >= 0.6 is 0 Å². The Morgan fingerprint density at radius 2 is 0.930 bits per heavy atom. The van der Waals surface area contributed by atoms with Gasteiger partial charge in [0, 0.05) is 0 Å². The molecule has 0 aromatic carbocycles. The highest BCUT2D eigenvalue weighted by atomic mass is 16.6. The van der Waals surface area contributed by atoms with Crippen LogP contribution < -0.4 is 0 Å². The molecule has 0 aliphatic rings. The minimum atomic E-state index is -0.587. The third-order valence-electron chi connectivity index (χ3n) is 8.68. The van der Waals surface area contributed by atoms with Gasteiger partial charge in [-0.25, -0.2) is 0 Å². The van der Waals surface area contributed by atoms with Crippen LogP contribution in [0.4, 0.5) is 0 Å². The molecule has 0 amide bonds. The van der Waals surface area contributed by atoms with Crippen molar-refractivity contribution in [2.75, 3.05) is 6.61 Å². The van der Waals surface area contributed by atoms with Gasteiger partial charge in [-0.05, 0) is 58.3 Å². The summed E-state index contributed by atoms with van der Waals surface area (Å²) in [5.41, 5.74) is -0.587. The smallest absolute Gasteiger partial charge is 0.312 e. The lowest BCUT2D eigenvalue weighted by Crippen LogP contribution is -2.37. The van der Waals surface area contributed by atoms with Gasteiger partial charge in [0.1, 0.15) is 6.10 Å². The van der Waals surface area contributed by atoms with Gasteiger partial charge in [0.05, 0.1) is 17.9 Å². The van der Waals surface area contributed by atoms with Crippen LogP contribution in [0.3, 0.4) is 0 Å². The third kappa shape index (κ3) is 25.9. The van der Waals surface area contributed by atoms with Gasteiger partial charge in [0.15, 0.2) is 0 Å². The van der Waals surface area contributed by atoms with E-state index >= 15 is 0 Å². The van der Waals surface area contributed by atoms with E-state index in [0.717, 1.165) is 63.2 Å². The molecular weight excluding hydrogens is 532 g/mol. The molecular formula is C39H76O4.